The van der Waals surface area contributed by atoms with Crippen LogP contribution in [0.2, 0.25) is 0 Å². The van der Waals surface area contributed by atoms with Gasteiger partial charge in [0.2, 0.25) is 0 Å². The molecule has 0 fully saturated rings. The predicted molar refractivity (Wildman–Crippen MR) is 279 cm³/mol. The number of ether oxygens (including phenoxy) is 3. The minimum atomic E-state index is -0.789. The van der Waals surface area contributed by atoms with Gasteiger partial charge in [-0.3, -0.25) is 14.4 Å². The lowest BCUT2D eigenvalue weighted by atomic mass is 10.0. The van der Waals surface area contributed by atoms with Crippen molar-refractivity contribution >= 4 is 17.9 Å². The van der Waals surface area contributed by atoms with E-state index in [4.69, 9.17) is 14.2 Å². The van der Waals surface area contributed by atoms with Crippen LogP contribution in [-0.4, -0.2) is 37.2 Å². The Balaban J connectivity index is 4.43. The average molecular weight is 907 g/mol. The summed E-state index contributed by atoms with van der Waals surface area (Å²) in [6, 6.07) is 0. The molecule has 0 aromatic rings. The lowest BCUT2D eigenvalue weighted by molar-refractivity contribution is -0.167. The zero-order chi connectivity index (χ0) is 47.2. The quantitative estimate of drug-likeness (QED) is 0.0262. The average Bonchev–Trinajstić information content (AvgIpc) is 3.30. The molecule has 0 saturated carbocycles. The van der Waals surface area contributed by atoms with Crippen LogP contribution in [0.3, 0.4) is 0 Å². The number of unbranched alkanes of at least 4 members (excludes halogenated alkanes) is 26. The molecule has 0 rings (SSSR count). The summed E-state index contributed by atoms with van der Waals surface area (Å²) in [5.74, 6) is -0.917. The van der Waals surface area contributed by atoms with Crippen LogP contribution >= 0.6 is 0 Å². The minimum Gasteiger partial charge on any atom is -0.462 e. The smallest absolute Gasteiger partial charge is 0.306 e. The highest BCUT2D eigenvalue weighted by atomic mass is 16.6. The third-order valence-electron chi connectivity index (χ3n) is 11.7. The van der Waals surface area contributed by atoms with Crippen LogP contribution in [0.15, 0.2) is 72.9 Å². The van der Waals surface area contributed by atoms with Gasteiger partial charge < -0.3 is 14.2 Å². The number of hydrogen-bond donors (Lipinski definition) is 0. The molecule has 0 saturated heterocycles. The molecule has 6 nitrogen and oxygen atoms in total. The molecule has 0 amide bonds. The number of allylic oxidation sites excluding steroid dienone is 12. The Morgan fingerprint density at radius 2 is 0.600 bits per heavy atom. The van der Waals surface area contributed by atoms with E-state index in [0.29, 0.717) is 19.3 Å². The summed E-state index contributed by atoms with van der Waals surface area (Å²) in [6.07, 6.45) is 67.4. The van der Waals surface area contributed by atoms with E-state index in [9.17, 15) is 14.4 Å². The molecule has 0 bridgehead atoms. The molecule has 0 aliphatic rings. The summed E-state index contributed by atoms with van der Waals surface area (Å²) in [5.41, 5.74) is 0. The van der Waals surface area contributed by atoms with E-state index in [1.165, 1.54) is 128 Å². The zero-order valence-corrected chi connectivity index (χ0v) is 42.7. The Labute approximate surface area is 402 Å². The highest BCUT2D eigenvalue weighted by Crippen LogP contribution is 2.15. The maximum absolute atomic E-state index is 12.8. The van der Waals surface area contributed by atoms with Crippen molar-refractivity contribution in [2.75, 3.05) is 13.2 Å². The van der Waals surface area contributed by atoms with Gasteiger partial charge in [-0.05, 0) is 89.9 Å². The zero-order valence-electron chi connectivity index (χ0n) is 42.7. The second-order valence-corrected chi connectivity index (χ2v) is 18.1. The summed E-state index contributed by atoms with van der Waals surface area (Å²) in [6.45, 7) is 6.49. The molecule has 0 spiro atoms. The summed E-state index contributed by atoms with van der Waals surface area (Å²) >= 11 is 0. The van der Waals surface area contributed by atoms with Crippen LogP contribution in [0, 0.1) is 0 Å². The van der Waals surface area contributed by atoms with E-state index in [1.807, 2.05) is 0 Å². The van der Waals surface area contributed by atoms with Gasteiger partial charge in [-0.15, -0.1) is 0 Å². The molecule has 0 aromatic carbocycles. The van der Waals surface area contributed by atoms with Crippen LogP contribution < -0.4 is 0 Å². The molecular formula is C59H102O6. The number of hydrogen-bond acceptors (Lipinski definition) is 6. The molecule has 1 unspecified atom stereocenters. The third-order valence-corrected chi connectivity index (χ3v) is 11.7. The minimum absolute atomic E-state index is 0.0857. The normalized spacial score (nSPS) is 12.6. The second-order valence-electron chi connectivity index (χ2n) is 18.1. The highest BCUT2D eigenvalue weighted by Gasteiger charge is 2.19. The molecule has 6 heteroatoms. The van der Waals surface area contributed by atoms with Crippen molar-refractivity contribution in [1.82, 2.24) is 0 Å². The van der Waals surface area contributed by atoms with Crippen molar-refractivity contribution in [3.63, 3.8) is 0 Å². The van der Waals surface area contributed by atoms with Crippen LogP contribution in [0.1, 0.15) is 265 Å². The van der Waals surface area contributed by atoms with Crippen molar-refractivity contribution in [2.45, 2.75) is 271 Å². The first-order valence-electron chi connectivity index (χ1n) is 27.4. The Hall–Kier alpha value is -3.15. The maximum atomic E-state index is 12.8. The summed E-state index contributed by atoms with van der Waals surface area (Å²) in [4.78, 5) is 38.1. The van der Waals surface area contributed by atoms with Crippen LogP contribution in [0.4, 0.5) is 0 Å². The fraction of sp³-hybridized carbons (Fsp3) is 0.746. The highest BCUT2D eigenvalue weighted by molar-refractivity contribution is 5.71. The predicted octanol–water partition coefficient (Wildman–Crippen LogP) is 18.2. The van der Waals surface area contributed by atoms with Gasteiger partial charge in [0, 0.05) is 19.3 Å². The van der Waals surface area contributed by atoms with Crippen molar-refractivity contribution in [3.8, 4) is 0 Å². The van der Waals surface area contributed by atoms with Crippen molar-refractivity contribution in [1.29, 1.82) is 0 Å². The van der Waals surface area contributed by atoms with E-state index in [2.05, 4.69) is 93.7 Å². The first-order chi connectivity index (χ1) is 32.0. The van der Waals surface area contributed by atoms with Gasteiger partial charge in [-0.2, -0.15) is 0 Å². The summed E-state index contributed by atoms with van der Waals surface area (Å²) in [5, 5.41) is 0. The van der Waals surface area contributed by atoms with Crippen molar-refractivity contribution < 1.29 is 28.6 Å². The van der Waals surface area contributed by atoms with Crippen molar-refractivity contribution in [2.24, 2.45) is 0 Å². The van der Waals surface area contributed by atoms with E-state index in [-0.39, 0.29) is 31.1 Å². The lowest BCUT2D eigenvalue weighted by Crippen LogP contribution is -2.30. The Morgan fingerprint density at radius 1 is 0.323 bits per heavy atom. The fourth-order valence-electron chi connectivity index (χ4n) is 7.58. The Morgan fingerprint density at radius 3 is 0.985 bits per heavy atom. The van der Waals surface area contributed by atoms with E-state index in [1.54, 1.807) is 0 Å². The number of rotatable bonds is 49. The van der Waals surface area contributed by atoms with Crippen LogP contribution in [-0.2, 0) is 28.6 Å². The molecule has 0 N–H and O–H groups in total. The number of carbonyl (C=O) groups excluding carboxylic acids is 3. The van der Waals surface area contributed by atoms with Gasteiger partial charge in [0.1, 0.15) is 13.2 Å². The lowest BCUT2D eigenvalue weighted by Gasteiger charge is -2.18. The maximum Gasteiger partial charge on any atom is 0.306 e. The standard InChI is InChI=1S/C59H102O6/c1-4-7-10-13-16-19-22-25-27-28-29-30-32-34-37-40-43-46-49-52-58(61)64-55-56(54-63-57(60)51-48-45-42-39-36-33-24-21-18-15-12-9-6-3)65-59(62)53-50-47-44-41-38-35-31-26-23-20-17-14-11-8-5-2/h7,10,16,19-20,23,25,27,29-30,34,37,56H,4-6,8-9,11-15,17-18,21-22,24,26,28,31-33,35-36,38-55H2,1-3H3/b10-7-,19-16-,23-20-,27-25-,30-29-,37-34-. The molecule has 0 aliphatic heterocycles. The molecular weight excluding hydrogens is 805 g/mol. The summed E-state index contributed by atoms with van der Waals surface area (Å²) in [7, 11) is 0. The molecule has 1 atom stereocenters. The molecule has 374 valence electrons. The molecule has 0 aromatic heterocycles. The largest absolute Gasteiger partial charge is 0.462 e. The summed E-state index contributed by atoms with van der Waals surface area (Å²) < 4.78 is 16.8. The van der Waals surface area contributed by atoms with E-state index in [0.717, 1.165) is 96.3 Å². The first-order valence-corrected chi connectivity index (χ1v) is 27.4. The van der Waals surface area contributed by atoms with Gasteiger partial charge in [0.25, 0.3) is 0 Å². The van der Waals surface area contributed by atoms with Gasteiger partial charge in [0.15, 0.2) is 6.10 Å². The Bertz CT molecular complexity index is 1230. The van der Waals surface area contributed by atoms with Crippen molar-refractivity contribution in [3.05, 3.63) is 72.9 Å². The monoisotopic (exact) mass is 907 g/mol. The second kappa shape index (κ2) is 53.5. The van der Waals surface area contributed by atoms with Crippen LogP contribution in [0.25, 0.3) is 0 Å². The Kier molecular flexibility index (Phi) is 50.9. The van der Waals surface area contributed by atoms with Gasteiger partial charge in [0.05, 0.1) is 0 Å². The fourth-order valence-corrected chi connectivity index (χ4v) is 7.58. The van der Waals surface area contributed by atoms with Gasteiger partial charge in [-0.25, -0.2) is 0 Å². The van der Waals surface area contributed by atoms with Gasteiger partial charge in [-0.1, -0.05) is 229 Å². The topological polar surface area (TPSA) is 78.9 Å². The van der Waals surface area contributed by atoms with E-state index < -0.39 is 6.10 Å². The van der Waals surface area contributed by atoms with Gasteiger partial charge >= 0.3 is 17.9 Å². The molecule has 0 heterocycles. The number of esters is 3. The first kappa shape index (κ1) is 61.9. The molecule has 65 heavy (non-hydrogen) atoms. The SMILES string of the molecule is CC/C=C\C/C=C\C/C=C\C/C=C\C/C=C\CCCCCC(=O)OCC(COC(=O)CCCCCCCCCCCCCCC)OC(=O)CCCCCCCCC/C=C\CCCCCC. The molecule has 0 radical (unpaired) electrons. The third kappa shape index (κ3) is 51.7. The van der Waals surface area contributed by atoms with E-state index >= 15 is 0 Å². The van der Waals surface area contributed by atoms with Crippen LogP contribution in [0.5, 0.6) is 0 Å². The molecule has 0 aliphatic carbocycles. The number of carbonyl (C=O) groups is 3.